The summed E-state index contributed by atoms with van der Waals surface area (Å²) in [6, 6.07) is 10.9. The summed E-state index contributed by atoms with van der Waals surface area (Å²) in [6.07, 6.45) is -3.52. The molecule has 1 aliphatic heterocycles. The Bertz CT molecular complexity index is 817. The predicted octanol–water partition coefficient (Wildman–Crippen LogP) is 0.447. The number of hydrogen-bond donors (Lipinski definition) is 6. The van der Waals surface area contributed by atoms with Crippen molar-refractivity contribution in [2.45, 2.75) is 30.7 Å². The molecule has 0 radical (unpaired) electrons. The summed E-state index contributed by atoms with van der Waals surface area (Å²) >= 11 is 0. The van der Waals surface area contributed by atoms with Crippen molar-refractivity contribution in [1.29, 1.82) is 0 Å². The van der Waals surface area contributed by atoms with Gasteiger partial charge in [-0.2, -0.15) is 0 Å². The Balaban J connectivity index is 1.76. The quantitative estimate of drug-likeness (QED) is 0.405. The van der Waals surface area contributed by atoms with Crippen LogP contribution in [0.2, 0.25) is 0 Å². The largest absolute Gasteiger partial charge is 0.508 e. The molecule has 1 aliphatic rings. The molecule has 28 heavy (non-hydrogen) atoms. The van der Waals surface area contributed by atoms with E-state index in [0.717, 1.165) is 5.56 Å². The highest BCUT2D eigenvalue weighted by molar-refractivity contribution is 5.71. The van der Waals surface area contributed by atoms with Crippen LogP contribution >= 0.6 is 0 Å². The summed E-state index contributed by atoms with van der Waals surface area (Å²) in [6.45, 7) is -0.564. The lowest BCUT2D eigenvalue weighted by Crippen LogP contribution is -2.60. The van der Waals surface area contributed by atoms with Crippen molar-refractivity contribution in [2.75, 3.05) is 6.61 Å². The van der Waals surface area contributed by atoms with E-state index in [-0.39, 0.29) is 17.2 Å². The smallest absolute Gasteiger partial charge is 0.229 e. The van der Waals surface area contributed by atoms with Gasteiger partial charge in [-0.3, -0.25) is 0 Å². The van der Waals surface area contributed by atoms with Gasteiger partial charge in [0.15, 0.2) is 0 Å². The van der Waals surface area contributed by atoms with E-state index in [1.165, 1.54) is 12.1 Å². The van der Waals surface area contributed by atoms with Gasteiger partial charge in [0.2, 0.25) is 6.29 Å². The molecule has 0 unspecified atom stereocenters. The lowest BCUT2D eigenvalue weighted by atomic mass is 9.99. The molecule has 0 amide bonds. The fourth-order valence-corrected chi connectivity index (χ4v) is 2.85. The zero-order valence-electron chi connectivity index (χ0n) is 14.8. The summed E-state index contributed by atoms with van der Waals surface area (Å²) in [5.41, 5.74) is 1.42. The van der Waals surface area contributed by atoms with E-state index < -0.39 is 37.3 Å². The normalized spacial score (nSPS) is 27.8. The van der Waals surface area contributed by atoms with Gasteiger partial charge in [-0.1, -0.05) is 24.3 Å². The van der Waals surface area contributed by atoms with Crippen LogP contribution in [0.15, 0.2) is 42.5 Å². The Morgan fingerprint density at radius 3 is 2.18 bits per heavy atom. The maximum Gasteiger partial charge on any atom is 0.229 e. The zero-order valence-corrected chi connectivity index (χ0v) is 14.8. The van der Waals surface area contributed by atoms with Gasteiger partial charge >= 0.3 is 0 Å². The van der Waals surface area contributed by atoms with E-state index in [2.05, 4.69) is 0 Å². The Morgan fingerprint density at radius 2 is 1.50 bits per heavy atom. The first-order valence-corrected chi connectivity index (χ1v) is 8.65. The zero-order chi connectivity index (χ0) is 20.3. The molecular weight excluding hydrogens is 368 g/mol. The molecule has 0 saturated carbocycles. The van der Waals surface area contributed by atoms with Gasteiger partial charge in [-0.25, -0.2) is 0 Å². The second-order valence-electron chi connectivity index (χ2n) is 6.50. The second kappa shape index (κ2) is 8.59. The molecule has 2 aromatic carbocycles. The SMILES string of the molecule is OC[C@@H]1O[C@H](Oc2cc(O)cc(/C=C\c3ccc(O)cc3)c2)[C@H](O)[C@H](O)[C@@H]1O. The molecule has 0 aliphatic carbocycles. The minimum atomic E-state index is -1.55. The lowest BCUT2D eigenvalue weighted by molar-refractivity contribution is -0.277. The van der Waals surface area contributed by atoms with Gasteiger partial charge in [0, 0.05) is 6.07 Å². The minimum absolute atomic E-state index is 0.0903. The lowest BCUT2D eigenvalue weighted by Gasteiger charge is -2.39. The Hall–Kier alpha value is -2.62. The van der Waals surface area contributed by atoms with Gasteiger partial charge < -0.3 is 40.1 Å². The van der Waals surface area contributed by atoms with E-state index >= 15 is 0 Å². The third-order valence-electron chi connectivity index (χ3n) is 4.38. The van der Waals surface area contributed by atoms with Gasteiger partial charge in [-0.15, -0.1) is 0 Å². The van der Waals surface area contributed by atoms with E-state index in [0.29, 0.717) is 5.56 Å². The van der Waals surface area contributed by atoms with Crippen LogP contribution < -0.4 is 4.74 Å². The van der Waals surface area contributed by atoms with Crippen molar-refractivity contribution in [2.24, 2.45) is 0 Å². The highest BCUT2D eigenvalue weighted by atomic mass is 16.7. The maximum absolute atomic E-state index is 10.1. The molecule has 8 nitrogen and oxygen atoms in total. The molecule has 150 valence electrons. The number of phenols is 2. The molecule has 0 spiro atoms. The third kappa shape index (κ3) is 4.61. The van der Waals surface area contributed by atoms with Gasteiger partial charge in [0.1, 0.15) is 41.7 Å². The van der Waals surface area contributed by atoms with Crippen molar-refractivity contribution >= 4 is 12.2 Å². The average molecular weight is 390 g/mol. The van der Waals surface area contributed by atoms with Crippen LogP contribution in [-0.4, -0.2) is 68.0 Å². The highest BCUT2D eigenvalue weighted by Crippen LogP contribution is 2.28. The summed E-state index contributed by atoms with van der Waals surface area (Å²) < 4.78 is 10.8. The van der Waals surface area contributed by atoms with Crippen LogP contribution in [0.5, 0.6) is 17.2 Å². The van der Waals surface area contributed by atoms with Crippen LogP contribution in [0.4, 0.5) is 0 Å². The number of aliphatic hydroxyl groups excluding tert-OH is 4. The molecular formula is C20H22O8. The molecule has 1 fully saturated rings. The molecule has 1 saturated heterocycles. The number of aliphatic hydroxyl groups is 4. The highest BCUT2D eigenvalue weighted by Gasteiger charge is 2.44. The Labute approximate surface area is 161 Å². The summed E-state index contributed by atoms with van der Waals surface area (Å²) in [5, 5.41) is 58.2. The molecule has 6 N–H and O–H groups in total. The predicted molar refractivity (Wildman–Crippen MR) is 99.5 cm³/mol. The van der Waals surface area contributed by atoms with Gasteiger partial charge in [-0.05, 0) is 35.4 Å². The van der Waals surface area contributed by atoms with Crippen molar-refractivity contribution < 1.29 is 40.1 Å². The van der Waals surface area contributed by atoms with E-state index in [4.69, 9.17) is 9.47 Å². The summed E-state index contributed by atoms with van der Waals surface area (Å²) in [4.78, 5) is 0. The van der Waals surface area contributed by atoms with Crippen LogP contribution in [0.1, 0.15) is 11.1 Å². The van der Waals surface area contributed by atoms with Crippen molar-refractivity contribution in [3.05, 3.63) is 53.6 Å². The van der Waals surface area contributed by atoms with Crippen LogP contribution in [0, 0.1) is 0 Å². The van der Waals surface area contributed by atoms with Crippen molar-refractivity contribution in [3.8, 4) is 17.2 Å². The number of aromatic hydroxyl groups is 2. The number of phenolic OH excluding ortho intramolecular Hbond substituents is 2. The molecule has 8 heteroatoms. The molecule has 0 aromatic heterocycles. The summed E-state index contributed by atoms with van der Waals surface area (Å²) in [7, 11) is 0. The molecule has 3 rings (SSSR count). The monoisotopic (exact) mass is 390 g/mol. The topological polar surface area (TPSA) is 140 Å². The first kappa shape index (κ1) is 20.1. The van der Waals surface area contributed by atoms with Gasteiger partial charge in [0.25, 0.3) is 0 Å². The van der Waals surface area contributed by atoms with Crippen LogP contribution in [0.25, 0.3) is 12.2 Å². The fraction of sp³-hybridized carbons (Fsp3) is 0.300. The third-order valence-corrected chi connectivity index (χ3v) is 4.38. The molecule has 5 atom stereocenters. The van der Waals surface area contributed by atoms with Crippen LogP contribution in [-0.2, 0) is 4.74 Å². The molecule has 1 heterocycles. The van der Waals surface area contributed by atoms with E-state index in [1.807, 2.05) is 0 Å². The Kier molecular flexibility index (Phi) is 6.18. The minimum Gasteiger partial charge on any atom is -0.508 e. The fourth-order valence-electron chi connectivity index (χ4n) is 2.85. The molecule has 0 bridgehead atoms. The van der Waals surface area contributed by atoms with Gasteiger partial charge in [0.05, 0.1) is 6.61 Å². The van der Waals surface area contributed by atoms with Crippen molar-refractivity contribution in [3.63, 3.8) is 0 Å². The van der Waals surface area contributed by atoms with E-state index in [1.54, 1.807) is 42.5 Å². The number of rotatable bonds is 5. The maximum atomic E-state index is 10.1. The first-order chi connectivity index (χ1) is 13.4. The molecule has 2 aromatic rings. The average Bonchev–Trinajstić information content (AvgIpc) is 2.67. The first-order valence-electron chi connectivity index (χ1n) is 8.65. The van der Waals surface area contributed by atoms with E-state index in [9.17, 15) is 30.6 Å². The van der Waals surface area contributed by atoms with Crippen LogP contribution in [0.3, 0.4) is 0 Å². The van der Waals surface area contributed by atoms with Crippen molar-refractivity contribution in [1.82, 2.24) is 0 Å². The second-order valence-corrected chi connectivity index (χ2v) is 6.50. The number of benzene rings is 2. The Morgan fingerprint density at radius 1 is 0.821 bits per heavy atom. The summed E-state index contributed by atoms with van der Waals surface area (Å²) in [5.74, 6) is 0.229. The standard InChI is InChI=1S/C20H22O8/c21-10-16-17(24)18(25)19(26)20(28-16)27-15-8-12(7-14(23)9-15)2-1-11-3-5-13(22)6-4-11/h1-9,16-26H,10H2/b2-1-/t16-,17+,18+,19+,20-/m0/s1. The number of ether oxygens (including phenoxy) is 2. The number of hydrogen-bond acceptors (Lipinski definition) is 8.